The van der Waals surface area contributed by atoms with Gasteiger partial charge in [0.05, 0.1) is 11.8 Å². The first-order valence-electron chi connectivity index (χ1n) is 4.49. The summed E-state index contributed by atoms with van der Waals surface area (Å²) in [6.07, 6.45) is 1.75. The fourth-order valence-electron chi connectivity index (χ4n) is 1.50. The molecule has 0 unspecified atom stereocenters. The monoisotopic (exact) mass is 269 g/mol. The molecule has 0 aromatic carbocycles. The van der Waals surface area contributed by atoms with E-state index in [-0.39, 0.29) is 0 Å². The predicted octanol–water partition coefficient (Wildman–Crippen LogP) is 3.76. The van der Waals surface area contributed by atoms with Crippen molar-refractivity contribution in [1.82, 2.24) is 14.6 Å². The first kappa shape index (κ1) is 10.1. The Bertz CT molecular complexity index is 645. The summed E-state index contributed by atoms with van der Waals surface area (Å²) in [5, 5.41) is 7.02. The lowest BCUT2D eigenvalue weighted by Crippen LogP contribution is -1.92. The number of rotatable bonds is 1. The summed E-state index contributed by atoms with van der Waals surface area (Å²) in [6.45, 7) is 0. The zero-order valence-electron chi connectivity index (χ0n) is 7.89. The van der Waals surface area contributed by atoms with Gasteiger partial charge in [-0.25, -0.2) is 9.50 Å². The minimum Gasteiger partial charge on any atom is -0.216 e. The maximum atomic E-state index is 6.02. The minimum absolute atomic E-state index is 0.371. The number of hydrogen-bond donors (Lipinski definition) is 0. The molecule has 16 heavy (non-hydrogen) atoms. The third-order valence-corrected chi connectivity index (χ3v) is 3.55. The summed E-state index contributed by atoms with van der Waals surface area (Å²) < 4.78 is 1.57. The van der Waals surface area contributed by atoms with Crippen molar-refractivity contribution in [3.63, 3.8) is 0 Å². The second-order valence-electron chi connectivity index (χ2n) is 3.17. The van der Waals surface area contributed by atoms with Crippen molar-refractivity contribution < 1.29 is 0 Å². The highest BCUT2D eigenvalue weighted by molar-refractivity contribution is 7.13. The Morgan fingerprint density at radius 3 is 2.94 bits per heavy atom. The van der Waals surface area contributed by atoms with Gasteiger partial charge >= 0.3 is 0 Å². The van der Waals surface area contributed by atoms with Gasteiger partial charge in [0.15, 0.2) is 5.65 Å². The summed E-state index contributed by atoms with van der Waals surface area (Å²) in [5.41, 5.74) is 1.62. The van der Waals surface area contributed by atoms with Crippen molar-refractivity contribution in [3.8, 4) is 10.4 Å². The molecule has 0 aliphatic heterocycles. The Balaban J connectivity index is 2.35. The van der Waals surface area contributed by atoms with Crippen molar-refractivity contribution in [2.75, 3.05) is 0 Å². The molecule has 3 aromatic heterocycles. The quantitative estimate of drug-likeness (QED) is 0.630. The fraction of sp³-hybridized carbons (Fsp3) is 0. The second-order valence-corrected chi connectivity index (χ2v) is 4.89. The third kappa shape index (κ3) is 1.50. The first-order valence-corrected chi connectivity index (χ1v) is 6.13. The lowest BCUT2D eigenvalue weighted by Gasteiger charge is -1.98. The maximum Gasteiger partial charge on any atom is 0.167 e. The molecule has 6 heteroatoms. The molecule has 0 N–H and O–H groups in total. The second kappa shape index (κ2) is 3.73. The Morgan fingerprint density at radius 1 is 1.31 bits per heavy atom. The van der Waals surface area contributed by atoms with E-state index in [9.17, 15) is 0 Å². The number of hydrogen-bond acceptors (Lipinski definition) is 3. The largest absolute Gasteiger partial charge is 0.216 e. The van der Waals surface area contributed by atoms with Crippen LogP contribution in [0.1, 0.15) is 0 Å². The Hall–Kier alpha value is -1.10. The van der Waals surface area contributed by atoms with Crippen LogP contribution < -0.4 is 0 Å². The van der Waals surface area contributed by atoms with Gasteiger partial charge in [-0.05, 0) is 11.4 Å². The lowest BCUT2D eigenvalue weighted by molar-refractivity contribution is 0.940. The van der Waals surface area contributed by atoms with Gasteiger partial charge in [-0.3, -0.25) is 0 Å². The summed E-state index contributed by atoms with van der Waals surface area (Å²) in [5.74, 6) is 0. The molecule has 0 aliphatic carbocycles. The molecule has 3 heterocycles. The van der Waals surface area contributed by atoms with Crippen molar-refractivity contribution >= 4 is 40.2 Å². The SMILES string of the molecule is Clc1cc(Cl)n2ncc(-c3cccs3)c2n1. The molecule has 0 amide bonds. The molecule has 80 valence electrons. The highest BCUT2D eigenvalue weighted by Crippen LogP contribution is 2.29. The number of nitrogens with zero attached hydrogens (tertiary/aromatic N) is 3. The van der Waals surface area contributed by atoms with Crippen LogP contribution in [0.4, 0.5) is 0 Å². The van der Waals surface area contributed by atoms with E-state index in [1.807, 2.05) is 17.5 Å². The molecule has 0 spiro atoms. The van der Waals surface area contributed by atoms with Crippen LogP contribution in [-0.2, 0) is 0 Å². The molecule has 0 aliphatic rings. The highest BCUT2D eigenvalue weighted by atomic mass is 35.5. The third-order valence-electron chi connectivity index (χ3n) is 2.18. The summed E-state index contributed by atoms with van der Waals surface area (Å²) in [4.78, 5) is 5.34. The molecule has 0 atom stereocenters. The standard InChI is InChI=1S/C10H5Cl2N3S/c11-8-4-9(12)15-10(14-8)6(5-13-15)7-2-1-3-16-7/h1-5H. The average molecular weight is 270 g/mol. The normalized spacial score (nSPS) is 11.1. The molecule has 3 nitrogen and oxygen atoms in total. The van der Waals surface area contributed by atoms with Gasteiger partial charge in [0.1, 0.15) is 10.3 Å². The van der Waals surface area contributed by atoms with Gasteiger partial charge in [-0.1, -0.05) is 29.3 Å². The zero-order valence-corrected chi connectivity index (χ0v) is 10.2. The molecule has 0 saturated carbocycles. The Kier molecular flexibility index (Phi) is 2.35. The van der Waals surface area contributed by atoms with E-state index in [0.717, 1.165) is 10.4 Å². The van der Waals surface area contributed by atoms with Crippen LogP contribution in [0, 0.1) is 0 Å². The summed E-state index contributed by atoms with van der Waals surface area (Å²) >= 11 is 13.5. The average Bonchev–Trinajstić information content (AvgIpc) is 2.83. The molecule has 3 aromatic rings. The first-order chi connectivity index (χ1) is 7.75. The van der Waals surface area contributed by atoms with Gasteiger partial charge in [0, 0.05) is 10.9 Å². The Morgan fingerprint density at radius 2 is 2.19 bits per heavy atom. The van der Waals surface area contributed by atoms with Crippen LogP contribution in [-0.4, -0.2) is 14.6 Å². The number of fused-ring (bicyclic) bond motifs is 1. The van der Waals surface area contributed by atoms with E-state index in [1.165, 1.54) is 0 Å². The molecule has 0 saturated heterocycles. The van der Waals surface area contributed by atoms with Crippen LogP contribution in [0.15, 0.2) is 29.8 Å². The van der Waals surface area contributed by atoms with Gasteiger partial charge in [0.25, 0.3) is 0 Å². The van der Waals surface area contributed by atoms with Crippen molar-refractivity contribution in [3.05, 3.63) is 40.1 Å². The van der Waals surface area contributed by atoms with Gasteiger partial charge in [-0.2, -0.15) is 5.10 Å². The van der Waals surface area contributed by atoms with Crippen LogP contribution in [0.2, 0.25) is 10.3 Å². The molecule has 3 rings (SSSR count). The smallest absolute Gasteiger partial charge is 0.167 e. The van der Waals surface area contributed by atoms with Crippen LogP contribution in [0.25, 0.3) is 16.1 Å². The molecule has 0 bridgehead atoms. The van der Waals surface area contributed by atoms with Crippen molar-refractivity contribution in [1.29, 1.82) is 0 Å². The van der Waals surface area contributed by atoms with E-state index in [4.69, 9.17) is 23.2 Å². The molecule has 0 radical (unpaired) electrons. The summed E-state index contributed by atoms with van der Waals surface area (Å²) in [6, 6.07) is 5.56. The van der Waals surface area contributed by atoms with Crippen molar-refractivity contribution in [2.45, 2.75) is 0 Å². The Labute approximate surface area is 105 Å². The number of halogens is 2. The van der Waals surface area contributed by atoms with E-state index < -0.39 is 0 Å². The van der Waals surface area contributed by atoms with Crippen LogP contribution in [0.3, 0.4) is 0 Å². The van der Waals surface area contributed by atoms with E-state index in [2.05, 4.69) is 10.1 Å². The molecule has 0 fully saturated rings. The van der Waals surface area contributed by atoms with Crippen molar-refractivity contribution in [2.24, 2.45) is 0 Å². The molecular weight excluding hydrogens is 265 g/mol. The van der Waals surface area contributed by atoms with Crippen LogP contribution >= 0.6 is 34.5 Å². The van der Waals surface area contributed by atoms with Gasteiger partial charge < -0.3 is 0 Å². The summed E-state index contributed by atoms with van der Waals surface area (Å²) in [7, 11) is 0. The lowest BCUT2D eigenvalue weighted by atomic mass is 10.3. The van der Waals surface area contributed by atoms with E-state index in [1.54, 1.807) is 28.1 Å². The van der Waals surface area contributed by atoms with Crippen LogP contribution in [0.5, 0.6) is 0 Å². The highest BCUT2D eigenvalue weighted by Gasteiger charge is 2.11. The number of aromatic nitrogens is 3. The fourth-order valence-corrected chi connectivity index (χ4v) is 2.70. The van der Waals surface area contributed by atoms with E-state index >= 15 is 0 Å². The molecular formula is C10H5Cl2N3S. The minimum atomic E-state index is 0.371. The zero-order chi connectivity index (χ0) is 11.1. The van der Waals surface area contributed by atoms with E-state index in [0.29, 0.717) is 16.0 Å². The van der Waals surface area contributed by atoms with Gasteiger partial charge in [0.2, 0.25) is 0 Å². The maximum absolute atomic E-state index is 6.02. The number of thiophene rings is 1. The predicted molar refractivity (Wildman–Crippen MR) is 66.3 cm³/mol. The topological polar surface area (TPSA) is 30.2 Å². The van der Waals surface area contributed by atoms with Gasteiger partial charge in [-0.15, -0.1) is 11.3 Å².